The maximum Gasteiger partial charge on any atom is 0.170 e. The average Bonchev–Trinajstić information content (AvgIpc) is 3.04. The minimum Gasteiger partial charge on any atom is -0.356 e. The summed E-state index contributed by atoms with van der Waals surface area (Å²) in [7, 11) is 0. The summed E-state index contributed by atoms with van der Waals surface area (Å²) in [5.74, 6) is 0.687. The fourth-order valence-corrected chi connectivity index (χ4v) is 3.33. The highest BCUT2D eigenvalue weighted by Crippen LogP contribution is 2.34. The predicted molar refractivity (Wildman–Crippen MR) is 87.1 cm³/mol. The maximum atomic E-state index is 13.3. The lowest BCUT2D eigenvalue weighted by molar-refractivity contribution is 0.416. The van der Waals surface area contributed by atoms with Crippen LogP contribution in [0, 0.1) is 17.1 Å². The van der Waals surface area contributed by atoms with Crippen molar-refractivity contribution in [3.05, 3.63) is 53.6 Å². The molecule has 1 fully saturated rings. The number of halogens is 1. The molecular formula is C18H15FN4O. The Labute approximate surface area is 138 Å². The molecule has 0 N–H and O–H groups in total. The zero-order valence-corrected chi connectivity index (χ0v) is 12.9. The Morgan fingerprint density at radius 2 is 2.08 bits per heavy atom. The van der Waals surface area contributed by atoms with Crippen molar-refractivity contribution in [3.8, 4) is 6.07 Å². The predicted octanol–water partition coefficient (Wildman–Crippen LogP) is 3.62. The monoisotopic (exact) mass is 322 g/mol. The number of piperidine rings is 1. The van der Waals surface area contributed by atoms with Gasteiger partial charge in [-0.3, -0.25) is 0 Å². The number of pyridine rings is 1. The van der Waals surface area contributed by atoms with E-state index in [0.29, 0.717) is 11.1 Å². The van der Waals surface area contributed by atoms with E-state index < -0.39 is 0 Å². The molecule has 0 radical (unpaired) electrons. The molecule has 2 aromatic heterocycles. The highest BCUT2D eigenvalue weighted by atomic mass is 19.1. The van der Waals surface area contributed by atoms with Crippen LogP contribution in [0.25, 0.3) is 11.0 Å². The zero-order chi connectivity index (χ0) is 16.5. The minimum absolute atomic E-state index is 0.266. The lowest BCUT2D eigenvalue weighted by Gasteiger charge is -2.32. The summed E-state index contributed by atoms with van der Waals surface area (Å²) < 4.78 is 18.5. The maximum absolute atomic E-state index is 13.3. The second-order valence-electron chi connectivity index (χ2n) is 5.96. The molecule has 3 heterocycles. The van der Waals surface area contributed by atoms with E-state index in [0.717, 1.165) is 42.8 Å². The van der Waals surface area contributed by atoms with Crippen LogP contribution >= 0.6 is 0 Å². The van der Waals surface area contributed by atoms with Gasteiger partial charge in [0, 0.05) is 36.7 Å². The Hall–Kier alpha value is -2.94. The molecule has 0 aliphatic carbocycles. The van der Waals surface area contributed by atoms with Crippen LogP contribution in [0.2, 0.25) is 0 Å². The molecule has 120 valence electrons. The molecule has 1 aliphatic heterocycles. The van der Waals surface area contributed by atoms with Gasteiger partial charge in [-0.15, -0.1) is 0 Å². The van der Waals surface area contributed by atoms with Crippen LogP contribution < -0.4 is 4.90 Å². The van der Waals surface area contributed by atoms with Crippen molar-refractivity contribution < 1.29 is 8.91 Å². The van der Waals surface area contributed by atoms with E-state index in [4.69, 9.17) is 4.52 Å². The van der Waals surface area contributed by atoms with Crippen LogP contribution in [-0.4, -0.2) is 23.2 Å². The topological polar surface area (TPSA) is 66.0 Å². The Morgan fingerprint density at radius 1 is 1.25 bits per heavy atom. The number of nitrogens with zero attached hydrogens (tertiary/aromatic N) is 4. The number of nitriles is 1. The Morgan fingerprint density at radius 3 is 2.88 bits per heavy atom. The van der Waals surface area contributed by atoms with Crippen LogP contribution in [0.15, 0.2) is 41.1 Å². The van der Waals surface area contributed by atoms with Crippen molar-refractivity contribution >= 4 is 16.8 Å². The van der Waals surface area contributed by atoms with E-state index in [1.54, 1.807) is 24.4 Å². The lowest BCUT2D eigenvalue weighted by atomic mass is 9.91. The van der Waals surface area contributed by atoms with Crippen molar-refractivity contribution in [1.82, 2.24) is 10.1 Å². The van der Waals surface area contributed by atoms with E-state index >= 15 is 0 Å². The van der Waals surface area contributed by atoms with Gasteiger partial charge in [-0.1, -0.05) is 5.16 Å². The number of hydrogen-bond donors (Lipinski definition) is 0. The van der Waals surface area contributed by atoms with Crippen molar-refractivity contribution in [2.45, 2.75) is 18.8 Å². The van der Waals surface area contributed by atoms with Gasteiger partial charge < -0.3 is 9.42 Å². The molecule has 1 aromatic carbocycles. The molecule has 1 aliphatic rings. The summed E-state index contributed by atoms with van der Waals surface area (Å²) in [6, 6.07) is 10.3. The third-order valence-corrected chi connectivity index (χ3v) is 4.55. The number of anilines is 1. The molecule has 3 aromatic rings. The number of fused-ring (bicyclic) bond motifs is 1. The summed E-state index contributed by atoms with van der Waals surface area (Å²) >= 11 is 0. The van der Waals surface area contributed by atoms with Crippen molar-refractivity contribution in [1.29, 1.82) is 5.26 Å². The Balaban J connectivity index is 1.54. The number of rotatable bonds is 2. The van der Waals surface area contributed by atoms with E-state index in [1.807, 2.05) is 0 Å². The summed E-state index contributed by atoms with van der Waals surface area (Å²) in [6.07, 6.45) is 3.49. The van der Waals surface area contributed by atoms with Gasteiger partial charge in [0.1, 0.15) is 17.7 Å². The van der Waals surface area contributed by atoms with E-state index in [9.17, 15) is 9.65 Å². The molecule has 0 spiro atoms. The fraction of sp³-hybridized carbons (Fsp3) is 0.278. The third-order valence-electron chi connectivity index (χ3n) is 4.55. The normalized spacial score (nSPS) is 15.6. The van der Waals surface area contributed by atoms with Gasteiger partial charge >= 0.3 is 0 Å². The smallest absolute Gasteiger partial charge is 0.170 e. The van der Waals surface area contributed by atoms with E-state index in [-0.39, 0.29) is 11.7 Å². The third kappa shape index (κ3) is 2.48. The van der Waals surface area contributed by atoms with Crippen LogP contribution in [0.3, 0.4) is 0 Å². The molecule has 6 heteroatoms. The zero-order valence-electron chi connectivity index (χ0n) is 12.9. The molecule has 1 saturated heterocycles. The average molecular weight is 322 g/mol. The number of benzene rings is 1. The van der Waals surface area contributed by atoms with Crippen LogP contribution in [0.4, 0.5) is 10.2 Å². The van der Waals surface area contributed by atoms with Crippen LogP contribution in [0.1, 0.15) is 30.0 Å². The summed E-state index contributed by atoms with van der Waals surface area (Å²) in [4.78, 5) is 6.48. The van der Waals surface area contributed by atoms with Gasteiger partial charge in [0.05, 0.1) is 11.3 Å². The standard InChI is InChI=1S/C18H15FN4O/c19-14-3-4-15-16(10-14)24-22-17(15)12-5-8-23(9-6-12)18-13(11-20)2-1-7-21-18/h1-4,7,10,12H,5-6,8-9H2. The molecule has 0 amide bonds. The summed E-state index contributed by atoms with van der Waals surface area (Å²) in [5.41, 5.74) is 1.98. The number of aromatic nitrogens is 2. The van der Waals surface area contributed by atoms with Gasteiger partial charge in [0.15, 0.2) is 5.58 Å². The Bertz CT molecular complexity index is 922. The van der Waals surface area contributed by atoms with Crippen molar-refractivity contribution in [3.63, 3.8) is 0 Å². The first-order valence-electron chi connectivity index (χ1n) is 7.91. The van der Waals surface area contributed by atoms with Crippen molar-refractivity contribution in [2.24, 2.45) is 0 Å². The van der Waals surface area contributed by atoms with Gasteiger partial charge in [0.25, 0.3) is 0 Å². The molecule has 0 atom stereocenters. The summed E-state index contributed by atoms with van der Waals surface area (Å²) in [6.45, 7) is 1.60. The largest absolute Gasteiger partial charge is 0.356 e. The Kier molecular flexibility index (Phi) is 3.62. The van der Waals surface area contributed by atoms with Crippen LogP contribution in [-0.2, 0) is 0 Å². The van der Waals surface area contributed by atoms with E-state index in [2.05, 4.69) is 21.1 Å². The molecule has 24 heavy (non-hydrogen) atoms. The van der Waals surface area contributed by atoms with Gasteiger partial charge in [-0.2, -0.15) is 5.26 Å². The second kappa shape index (κ2) is 5.93. The highest BCUT2D eigenvalue weighted by molar-refractivity contribution is 5.80. The number of hydrogen-bond acceptors (Lipinski definition) is 5. The first kappa shape index (κ1) is 14.6. The summed E-state index contributed by atoms with van der Waals surface area (Å²) in [5, 5.41) is 14.3. The SMILES string of the molecule is N#Cc1cccnc1N1CCC(c2noc3cc(F)ccc23)CC1. The van der Waals surface area contributed by atoms with Crippen LogP contribution in [0.5, 0.6) is 0 Å². The second-order valence-corrected chi connectivity index (χ2v) is 5.96. The van der Waals surface area contributed by atoms with Gasteiger partial charge in [0.2, 0.25) is 0 Å². The quantitative estimate of drug-likeness (QED) is 0.721. The van der Waals surface area contributed by atoms with Gasteiger partial charge in [-0.05, 0) is 37.1 Å². The minimum atomic E-state index is -0.320. The van der Waals surface area contributed by atoms with Crippen molar-refractivity contribution in [2.75, 3.05) is 18.0 Å². The molecule has 0 saturated carbocycles. The molecule has 5 nitrogen and oxygen atoms in total. The highest BCUT2D eigenvalue weighted by Gasteiger charge is 2.26. The molecular weight excluding hydrogens is 307 g/mol. The first-order chi connectivity index (χ1) is 11.8. The molecule has 4 rings (SSSR count). The lowest BCUT2D eigenvalue weighted by Crippen LogP contribution is -2.34. The first-order valence-corrected chi connectivity index (χ1v) is 7.91. The molecule has 0 unspecified atom stereocenters. The fourth-order valence-electron chi connectivity index (χ4n) is 3.33. The molecule has 0 bridgehead atoms. The van der Waals surface area contributed by atoms with Gasteiger partial charge in [-0.25, -0.2) is 9.37 Å². The van der Waals surface area contributed by atoms with E-state index in [1.165, 1.54) is 12.1 Å².